The number of benzene rings is 2. The fraction of sp³-hybridized carbons (Fsp3) is 0.133. The Bertz CT molecular complexity index is 663. The molecule has 6 heteroatoms. The molecule has 3 N–H and O–H groups in total. The zero-order valence-electron chi connectivity index (χ0n) is 11.2. The molecule has 2 aromatic carbocycles. The van der Waals surface area contributed by atoms with Gasteiger partial charge in [-0.05, 0) is 18.6 Å². The highest BCUT2D eigenvalue weighted by atomic mass is 19.1. The Morgan fingerprint density at radius 3 is 2.29 bits per heavy atom. The van der Waals surface area contributed by atoms with Crippen LogP contribution in [0.2, 0.25) is 0 Å². The molecule has 3 nitrogen and oxygen atoms in total. The van der Waals surface area contributed by atoms with E-state index < -0.39 is 28.9 Å². The SMILES string of the molecule is CC(N)c1ccccc1NC(=O)c1c(F)cc(F)cc1F. The third kappa shape index (κ3) is 3.22. The molecule has 0 heterocycles. The largest absolute Gasteiger partial charge is 0.324 e. The average Bonchev–Trinajstić information content (AvgIpc) is 2.37. The van der Waals surface area contributed by atoms with Crippen LogP contribution in [0.25, 0.3) is 0 Å². The van der Waals surface area contributed by atoms with E-state index in [0.717, 1.165) is 0 Å². The van der Waals surface area contributed by atoms with Crippen molar-refractivity contribution in [3.8, 4) is 0 Å². The Kier molecular flexibility index (Phi) is 4.28. The maximum atomic E-state index is 13.6. The molecule has 0 aliphatic rings. The minimum absolute atomic E-state index is 0.348. The van der Waals surface area contributed by atoms with Crippen molar-refractivity contribution >= 4 is 11.6 Å². The Morgan fingerprint density at radius 2 is 1.71 bits per heavy atom. The molecule has 21 heavy (non-hydrogen) atoms. The average molecular weight is 294 g/mol. The minimum atomic E-state index is -1.26. The molecular formula is C15H13F3N2O. The molecule has 0 fully saturated rings. The van der Waals surface area contributed by atoms with Gasteiger partial charge >= 0.3 is 0 Å². The van der Waals surface area contributed by atoms with Crippen molar-refractivity contribution in [2.45, 2.75) is 13.0 Å². The predicted molar refractivity (Wildman–Crippen MR) is 73.3 cm³/mol. The van der Waals surface area contributed by atoms with Gasteiger partial charge in [-0.3, -0.25) is 4.79 Å². The van der Waals surface area contributed by atoms with E-state index in [1.807, 2.05) is 0 Å². The molecule has 1 unspecified atom stereocenters. The van der Waals surface area contributed by atoms with Gasteiger partial charge in [0.25, 0.3) is 5.91 Å². The highest BCUT2D eigenvalue weighted by Crippen LogP contribution is 2.23. The summed E-state index contributed by atoms with van der Waals surface area (Å²) in [6, 6.07) is 7.18. The maximum Gasteiger partial charge on any atom is 0.261 e. The molecule has 110 valence electrons. The van der Waals surface area contributed by atoms with Gasteiger partial charge in [-0.2, -0.15) is 0 Å². The number of carbonyl (C=O) groups is 1. The van der Waals surface area contributed by atoms with Crippen LogP contribution in [-0.4, -0.2) is 5.91 Å². The van der Waals surface area contributed by atoms with Crippen LogP contribution in [0, 0.1) is 17.5 Å². The Morgan fingerprint density at radius 1 is 1.14 bits per heavy atom. The lowest BCUT2D eigenvalue weighted by Crippen LogP contribution is -2.18. The van der Waals surface area contributed by atoms with Gasteiger partial charge in [0.2, 0.25) is 0 Å². The van der Waals surface area contributed by atoms with Gasteiger partial charge in [-0.25, -0.2) is 13.2 Å². The van der Waals surface area contributed by atoms with Gasteiger partial charge < -0.3 is 11.1 Å². The van der Waals surface area contributed by atoms with Crippen molar-refractivity contribution < 1.29 is 18.0 Å². The smallest absolute Gasteiger partial charge is 0.261 e. The summed E-state index contributed by atoms with van der Waals surface area (Å²) in [5.41, 5.74) is 5.89. The molecule has 0 saturated carbocycles. The summed E-state index contributed by atoms with van der Waals surface area (Å²) in [6.45, 7) is 1.71. The molecule has 0 aliphatic carbocycles. The molecule has 2 rings (SSSR count). The molecule has 0 aromatic heterocycles. The normalized spacial score (nSPS) is 12.0. The molecule has 0 aliphatic heterocycles. The number of nitrogens with two attached hydrogens (primary N) is 1. The number of anilines is 1. The number of hydrogen-bond acceptors (Lipinski definition) is 2. The molecule has 0 radical (unpaired) electrons. The van der Waals surface area contributed by atoms with Crippen LogP contribution in [-0.2, 0) is 0 Å². The van der Waals surface area contributed by atoms with Gasteiger partial charge in [-0.1, -0.05) is 18.2 Å². The lowest BCUT2D eigenvalue weighted by atomic mass is 10.1. The molecule has 0 bridgehead atoms. The summed E-state index contributed by atoms with van der Waals surface area (Å²) in [4.78, 5) is 12.0. The molecule has 0 spiro atoms. The van der Waals surface area contributed by atoms with Gasteiger partial charge in [0, 0.05) is 23.9 Å². The van der Waals surface area contributed by atoms with Crippen molar-refractivity contribution in [3.63, 3.8) is 0 Å². The second-order valence-electron chi connectivity index (χ2n) is 4.57. The highest BCUT2D eigenvalue weighted by Gasteiger charge is 2.20. The number of amides is 1. The first-order valence-electron chi connectivity index (χ1n) is 6.20. The first-order chi connectivity index (χ1) is 9.90. The monoisotopic (exact) mass is 294 g/mol. The van der Waals surface area contributed by atoms with Crippen molar-refractivity contribution in [1.82, 2.24) is 0 Å². The number of carbonyl (C=O) groups excluding carboxylic acids is 1. The molecule has 2 aromatic rings. The van der Waals surface area contributed by atoms with E-state index >= 15 is 0 Å². The third-order valence-electron chi connectivity index (χ3n) is 2.93. The van der Waals surface area contributed by atoms with E-state index in [1.165, 1.54) is 0 Å². The topological polar surface area (TPSA) is 55.1 Å². The maximum absolute atomic E-state index is 13.6. The van der Waals surface area contributed by atoms with Crippen LogP contribution < -0.4 is 11.1 Å². The fourth-order valence-electron chi connectivity index (χ4n) is 1.95. The molecule has 0 saturated heterocycles. The standard InChI is InChI=1S/C15H13F3N2O/c1-8(19)10-4-2-3-5-13(10)20-15(21)14-11(17)6-9(16)7-12(14)18/h2-8H,19H2,1H3,(H,20,21). The molecule has 1 amide bonds. The number of hydrogen-bond donors (Lipinski definition) is 2. The van der Waals surface area contributed by atoms with Crippen molar-refractivity contribution in [2.24, 2.45) is 5.73 Å². The first-order valence-corrected chi connectivity index (χ1v) is 6.20. The van der Waals surface area contributed by atoms with Gasteiger partial charge in [0.05, 0.1) is 0 Å². The second kappa shape index (κ2) is 5.97. The second-order valence-corrected chi connectivity index (χ2v) is 4.57. The lowest BCUT2D eigenvalue weighted by molar-refractivity contribution is 0.101. The number of para-hydroxylation sites is 1. The van der Waals surface area contributed by atoms with Crippen molar-refractivity contribution in [1.29, 1.82) is 0 Å². The first kappa shape index (κ1) is 15.1. The summed E-state index contributed by atoms with van der Waals surface area (Å²) >= 11 is 0. The number of halogens is 3. The van der Waals surface area contributed by atoms with E-state index in [9.17, 15) is 18.0 Å². The van der Waals surface area contributed by atoms with Gasteiger partial charge in [0.1, 0.15) is 23.0 Å². The zero-order chi connectivity index (χ0) is 15.6. The van der Waals surface area contributed by atoms with E-state index in [0.29, 0.717) is 23.4 Å². The van der Waals surface area contributed by atoms with Crippen LogP contribution in [0.1, 0.15) is 28.9 Å². The van der Waals surface area contributed by atoms with E-state index in [-0.39, 0.29) is 6.04 Å². The van der Waals surface area contributed by atoms with E-state index in [2.05, 4.69) is 5.32 Å². The number of rotatable bonds is 3. The highest BCUT2D eigenvalue weighted by molar-refractivity contribution is 6.05. The van der Waals surface area contributed by atoms with Gasteiger partial charge in [-0.15, -0.1) is 0 Å². The van der Waals surface area contributed by atoms with Crippen LogP contribution in [0.3, 0.4) is 0 Å². The lowest BCUT2D eigenvalue weighted by Gasteiger charge is -2.14. The quantitative estimate of drug-likeness (QED) is 0.911. The van der Waals surface area contributed by atoms with Gasteiger partial charge in [0.15, 0.2) is 0 Å². The van der Waals surface area contributed by atoms with Crippen LogP contribution in [0.4, 0.5) is 18.9 Å². The fourth-order valence-corrected chi connectivity index (χ4v) is 1.95. The summed E-state index contributed by atoms with van der Waals surface area (Å²) < 4.78 is 40.0. The van der Waals surface area contributed by atoms with Crippen molar-refractivity contribution in [2.75, 3.05) is 5.32 Å². The summed E-state index contributed by atoms with van der Waals surface area (Å²) in [5.74, 6) is -4.61. The Labute approximate surface area is 119 Å². The van der Waals surface area contributed by atoms with Crippen molar-refractivity contribution in [3.05, 3.63) is 65.0 Å². The van der Waals surface area contributed by atoms with Crippen LogP contribution >= 0.6 is 0 Å². The van der Waals surface area contributed by atoms with Crippen LogP contribution in [0.15, 0.2) is 36.4 Å². The molecule has 1 atom stereocenters. The Balaban J connectivity index is 2.36. The van der Waals surface area contributed by atoms with E-state index in [1.54, 1.807) is 31.2 Å². The minimum Gasteiger partial charge on any atom is -0.324 e. The summed E-state index contributed by atoms with van der Waals surface area (Å²) in [6.07, 6.45) is 0. The van der Waals surface area contributed by atoms with Crippen LogP contribution in [0.5, 0.6) is 0 Å². The predicted octanol–water partition coefficient (Wildman–Crippen LogP) is 3.38. The summed E-state index contributed by atoms with van der Waals surface area (Å²) in [7, 11) is 0. The zero-order valence-corrected chi connectivity index (χ0v) is 11.2. The molecular weight excluding hydrogens is 281 g/mol. The van der Waals surface area contributed by atoms with E-state index in [4.69, 9.17) is 5.73 Å². The summed E-state index contributed by atoms with van der Waals surface area (Å²) in [5, 5.41) is 2.39. The third-order valence-corrected chi connectivity index (χ3v) is 2.93. The number of nitrogens with one attached hydrogen (secondary N) is 1. The Hall–Kier alpha value is -2.34.